The van der Waals surface area contributed by atoms with E-state index in [2.05, 4.69) is 27.0 Å². The number of benzene rings is 1. The van der Waals surface area contributed by atoms with Crippen LogP contribution in [0.1, 0.15) is 51.3 Å². The second kappa shape index (κ2) is 8.90. The van der Waals surface area contributed by atoms with Gasteiger partial charge >= 0.3 is 0 Å². The summed E-state index contributed by atoms with van der Waals surface area (Å²) >= 11 is 7.50. The van der Waals surface area contributed by atoms with E-state index < -0.39 is 0 Å². The van der Waals surface area contributed by atoms with Crippen molar-refractivity contribution in [1.29, 1.82) is 0 Å². The predicted octanol–water partition coefficient (Wildman–Crippen LogP) is 5.45. The highest BCUT2D eigenvalue weighted by atomic mass is 35.5. The predicted molar refractivity (Wildman–Crippen MR) is 127 cm³/mol. The van der Waals surface area contributed by atoms with Crippen LogP contribution in [-0.2, 0) is 17.8 Å². The highest BCUT2D eigenvalue weighted by Gasteiger charge is 2.51. The minimum atomic E-state index is -0.121. The third kappa shape index (κ3) is 4.38. The van der Waals surface area contributed by atoms with E-state index in [0.717, 1.165) is 41.7 Å². The number of hydrogen-bond acceptors (Lipinski definition) is 5. The standard InChI is InChI=1S/C24H31ClN4O2S/c1-3-29-21(13-24-10-15-6-16(11-24)8-17(7-15)12-24)27-28-23(29)32-14-22(30)26-19-9-18(25)4-5-20(19)31-2/h4-5,9,15-17H,3,6-8,10-14H2,1-2H3,(H,26,30). The Labute approximate surface area is 198 Å². The molecule has 0 atom stereocenters. The van der Waals surface area contributed by atoms with Crippen molar-refractivity contribution in [3.8, 4) is 5.75 Å². The number of anilines is 1. The molecule has 1 N–H and O–H groups in total. The number of nitrogens with one attached hydrogen (secondary N) is 1. The van der Waals surface area contributed by atoms with Crippen molar-refractivity contribution >= 4 is 35.0 Å². The van der Waals surface area contributed by atoms with Crippen molar-refractivity contribution < 1.29 is 9.53 Å². The van der Waals surface area contributed by atoms with Crippen LogP contribution in [0.15, 0.2) is 23.4 Å². The van der Waals surface area contributed by atoms with E-state index in [4.69, 9.17) is 16.3 Å². The molecule has 4 aliphatic rings. The molecule has 8 heteroatoms. The first-order chi connectivity index (χ1) is 15.5. The molecule has 0 saturated heterocycles. The van der Waals surface area contributed by atoms with Gasteiger partial charge in [-0.05, 0) is 86.8 Å². The maximum Gasteiger partial charge on any atom is 0.234 e. The summed E-state index contributed by atoms with van der Waals surface area (Å²) in [6, 6.07) is 5.18. The zero-order chi connectivity index (χ0) is 22.3. The third-order valence-electron chi connectivity index (χ3n) is 7.58. The zero-order valence-electron chi connectivity index (χ0n) is 18.8. The van der Waals surface area contributed by atoms with Gasteiger partial charge in [-0.2, -0.15) is 0 Å². The molecule has 4 saturated carbocycles. The first-order valence-electron chi connectivity index (χ1n) is 11.6. The molecule has 2 aromatic rings. The SMILES string of the molecule is CCn1c(CC23CC4CC(CC(C4)C2)C3)nnc1SCC(=O)Nc1cc(Cl)ccc1OC. The van der Waals surface area contributed by atoms with E-state index in [0.29, 0.717) is 21.9 Å². The van der Waals surface area contributed by atoms with Gasteiger partial charge in [0.25, 0.3) is 0 Å². The number of carbonyl (C=O) groups excluding carboxylic acids is 1. The number of nitrogens with zero attached hydrogens (tertiary/aromatic N) is 3. The van der Waals surface area contributed by atoms with Crippen molar-refractivity contribution in [1.82, 2.24) is 14.8 Å². The minimum absolute atomic E-state index is 0.121. The molecule has 0 unspecified atom stereocenters. The van der Waals surface area contributed by atoms with Gasteiger partial charge < -0.3 is 14.6 Å². The normalized spacial score (nSPS) is 28.2. The first-order valence-corrected chi connectivity index (χ1v) is 13.0. The summed E-state index contributed by atoms with van der Waals surface area (Å²) in [5, 5.41) is 13.3. The summed E-state index contributed by atoms with van der Waals surface area (Å²) in [6.07, 6.45) is 9.48. The molecule has 1 heterocycles. The average molecular weight is 475 g/mol. The van der Waals surface area contributed by atoms with Gasteiger partial charge in [0.1, 0.15) is 11.6 Å². The molecule has 0 aliphatic heterocycles. The Morgan fingerprint density at radius 3 is 2.53 bits per heavy atom. The molecule has 0 radical (unpaired) electrons. The highest BCUT2D eigenvalue weighted by molar-refractivity contribution is 7.99. The molecule has 0 spiro atoms. The summed E-state index contributed by atoms with van der Waals surface area (Å²) in [5.74, 6) is 4.60. The number of thioether (sulfide) groups is 1. The van der Waals surface area contributed by atoms with Gasteiger partial charge in [0.05, 0.1) is 18.6 Å². The molecule has 32 heavy (non-hydrogen) atoms. The van der Waals surface area contributed by atoms with Crippen LogP contribution in [0.5, 0.6) is 5.75 Å². The molecule has 4 aliphatic carbocycles. The van der Waals surface area contributed by atoms with Crippen LogP contribution in [0, 0.1) is 23.2 Å². The molecule has 172 valence electrons. The van der Waals surface area contributed by atoms with Crippen LogP contribution in [-0.4, -0.2) is 33.5 Å². The van der Waals surface area contributed by atoms with Gasteiger partial charge in [-0.25, -0.2) is 0 Å². The van der Waals surface area contributed by atoms with Crippen LogP contribution >= 0.6 is 23.4 Å². The van der Waals surface area contributed by atoms with Crippen molar-refractivity contribution in [2.24, 2.45) is 23.2 Å². The van der Waals surface area contributed by atoms with Crippen molar-refractivity contribution in [3.05, 3.63) is 29.0 Å². The fraction of sp³-hybridized carbons (Fsp3) is 0.625. The third-order valence-corrected chi connectivity index (χ3v) is 8.78. The van der Waals surface area contributed by atoms with Gasteiger partial charge in [-0.15, -0.1) is 10.2 Å². The van der Waals surface area contributed by atoms with Gasteiger partial charge in [0.15, 0.2) is 5.16 Å². The molecular weight excluding hydrogens is 444 g/mol. The smallest absolute Gasteiger partial charge is 0.234 e. The van der Waals surface area contributed by atoms with Gasteiger partial charge in [0, 0.05) is 18.0 Å². The summed E-state index contributed by atoms with van der Waals surface area (Å²) in [4.78, 5) is 12.6. The maximum atomic E-state index is 12.6. The number of carbonyl (C=O) groups is 1. The Kier molecular flexibility index (Phi) is 6.14. The number of ether oxygens (including phenoxy) is 1. The Morgan fingerprint density at radius 2 is 1.91 bits per heavy atom. The van der Waals surface area contributed by atoms with Crippen LogP contribution < -0.4 is 10.1 Å². The Bertz CT molecular complexity index is 973. The van der Waals surface area contributed by atoms with E-state index in [9.17, 15) is 4.79 Å². The molecule has 4 bridgehead atoms. The lowest BCUT2D eigenvalue weighted by Gasteiger charge is -2.56. The first kappa shape index (κ1) is 22.1. The largest absolute Gasteiger partial charge is 0.495 e. The molecule has 6 nitrogen and oxygen atoms in total. The molecule has 1 aromatic heterocycles. The van der Waals surface area contributed by atoms with Crippen molar-refractivity contribution in [2.45, 2.75) is 63.6 Å². The number of hydrogen-bond donors (Lipinski definition) is 1. The monoisotopic (exact) mass is 474 g/mol. The fourth-order valence-corrected chi connectivity index (χ4v) is 7.80. The van der Waals surface area contributed by atoms with E-state index in [-0.39, 0.29) is 11.7 Å². The second-order valence-corrected chi connectivity index (χ2v) is 11.3. The van der Waals surface area contributed by atoms with Gasteiger partial charge in [-0.3, -0.25) is 4.79 Å². The van der Waals surface area contributed by atoms with Gasteiger partial charge in [0.2, 0.25) is 5.91 Å². The Balaban J connectivity index is 1.24. The molecule has 1 amide bonds. The maximum absolute atomic E-state index is 12.6. The number of methoxy groups -OCH3 is 1. The zero-order valence-corrected chi connectivity index (χ0v) is 20.3. The lowest BCUT2D eigenvalue weighted by Crippen LogP contribution is -2.47. The second-order valence-electron chi connectivity index (χ2n) is 9.92. The lowest BCUT2D eigenvalue weighted by molar-refractivity contribution is -0.113. The number of rotatable bonds is 8. The quantitative estimate of drug-likeness (QED) is 0.515. The van der Waals surface area contributed by atoms with Crippen LogP contribution in [0.25, 0.3) is 0 Å². The molecule has 6 rings (SSSR count). The average Bonchev–Trinajstić information content (AvgIpc) is 3.12. The van der Waals surface area contributed by atoms with Crippen molar-refractivity contribution in [2.75, 3.05) is 18.2 Å². The van der Waals surface area contributed by atoms with Crippen molar-refractivity contribution in [3.63, 3.8) is 0 Å². The number of aromatic nitrogens is 3. The van der Waals surface area contributed by atoms with Crippen LogP contribution in [0.2, 0.25) is 5.02 Å². The molecule has 1 aromatic carbocycles. The summed E-state index contributed by atoms with van der Waals surface area (Å²) < 4.78 is 7.52. The minimum Gasteiger partial charge on any atom is -0.495 e. The molecule has 4 fully saturated rings. The van der Waals surface area contributed by atoms with E-state index in [1.807, 2.05) is 0 Å². The topological polar surface area (TPSA) is 69.0 Å². The highest BCUT2D eigenvalue weighted by Crippen LogP contribution is 2.61. The van der Waals surface area contributed by atoms with E-state index in [1.165, 1.54) is 50.3 Å². The van der Waals surface area contributed by atoms with Crippen LogP contribution in [0.3, 0.4) is 0 Å². The Hall–Kier alpha value is -1.73. The van der Waals surface area contributed by atoms with E-state index in [1.54, 1.807) is 25.3 Å². The van der Waals surface area contributed by atoms with E-state index >= 15 is 0 Å². The van der Waals surface area contributed by atoms with Gasteiger partial charge in [-0.1, -0.05) is 23.4 Å². The fourth-order valence-electron chi connectivity index (χ4n) is 6.81. The summed E-state index contributed by atoms with van der Waals surface area (Å²) in [6.45, 7) is 2.95. The summed E-state index contributed by atoms with van der Waals surface area (Å²) in [5.41, 5.74) is 1.00. The molecular formula is C24H31ClN4O2S. The lowest BCUT2D eigenvalue weighted by atomic mass is 9.49. The number of amides is 1. The Morgan fingerprint density at radius 1 is 1.22 bits per heavy atom. The number of halogens is 1. The van der Waals surface area contributed by atoms with Crippen LogP contribution in [0.4, 0.5) is 5.69 Å². The summed E-state index contributed by atoms with van der Waals surface area (Å²) in [7, 11) is 1.57.